The molecule has 0 aromatic heterocycles. The van der Waals surface area contributed by atoms with Gasteiger partial charge in [-0.2, -0.15) is 0 Å². The monoisotopic (exact) mass is 268 g/mol. The van der Waals surface area contributed by atoms with E-state index in [1.54, 1.807) is 0 Å². The van der Waals surface area contributed by atoms with Gasteiger partial charge in [0, 0.05) is 11.8 Å². The molecule has 0 bridgehead atoms. The summed E-state index contributed by atoms with van der Waals surface area (Å²) in [6.07, 6.45) is 21.0. The van der Waals surface area contributed by atoms with Crippen molar-refractivity contribution in [2.45, 2.75) is 39.0 Å². The van der Waals surface area contributed by atoms with E-state index in [2.05, 4.69) is 49.5 Å². The van der Waals surface area contributed by atoms with Gasteiger partial charge in [0.15, 0.2) is 0 Å². The lowest BCUT2D eigenvalue weighted by molar-refractivity contribution is 0.379. The van der Waals surface area contributed by atoms with E-state index in [1.807, 2.05) is 0 Å². The summed E-state index contributed by atoms with van der Waals surface area (Å²) in [6.45, 7) is 2.27. The van der Waals surface area contributed by atoms with Crippen LogP contribution in [0.1, 0.15) is 39.0 Å². The summed E-state index contributed by atoms with van der Waals surface area (Å²) in [7, 11) is 0. The van der Waals surface area contributed by atoms with Gasteiger partial charge in [-0.3, -0.25) is 0 Å². The number of hydrogen-bond acceptors (Lipinski definition) is 1. The Labute approximate surface area is 122 Å². The molecule has 1 N–H and O–H groups in total. The highest BCUT2D eigenvalue weighted by Gasteiger charge is 2.26. The van der Waals surface area contributed by atoms with Gasteiger partial charge in [-0.25, -0.2) is 0 Å². The zero-order valence-electron chi connectivity index (χ0n) is 12.3. The molecule has 1 nitrogen and oxygen atoms in total. The molecule has 0 saturated heterocycles. The lowest BCUT2D eigenvalue weighted by Gasteiger charge is -2.28. The quantitative estimate of drug-likeness (QED) is 0.678. The van der Waals surface area contributed by atoms with Crippen LogP contribution in [0, 0.1) is 17.8 Å². The molecule has 0 aliphatic heterocycles. The van der Waals surface area contributed by atoms with E-state index < -0.39 is 0 Å². The van der Waals surface area contributed by atoms with Gasteiger partial charge in [-0.15, -0.1) is 0 Å². The Bertz CT molecular complexity index is 516. The van der Waals surface area contributed by atoms with Gasteiger partial charge < -0.3 is 5.11 Å². The Hall–Kier alpha value is -1.50. The van der Waals surface area contributed by atoms with E-state index in [-0.39, 0.29) is 0 Å². The van der Waals surface area contributed by atoms with Gasteiger partial charge in [-0.1, -0.05) is 49.5 Å². The van der Waals surface area contributed by atoms with E-state index in [0.717, 1.165) is 19.3 Å². The molecule has 3 aliphatic rings. The third-order valence-electron chi connectivity index (χ3n) is 4.79. The van der Waals surface area contributed by atoms with Crippen LogP contribution in [0.5, 0.6) is 0 Å². The van der Waals surface area contributed by atoms with Crippen molar-refractivity contribution in [3.63, 3.8) is 0 Å². The second-order valence-corrected chi connectivity index (χ2v) is 6.27. The van der Waals surface area contributed by atoms with E-state index in [1.165, 1.54) is 24.0 Å². The summed E-state index contributed by atoms with van der Waals surface area (Å²) in [5, 5.41) is 10.7. The maximum Gasteiger partial charge on any atom is 0.118 e. The first kappa shape index (κ1) is 13.5. The Morgan fingerprint density at radius 2 is 1.95 bits per heavy atom. The van der Waals surface area contributed by atoms with Crippen molar-refractivity contribution in [1.29, 1.82) is 0 Å². The second-order valence-electron chi connectivity index (χ2n) is 6.27. The summed E-state index contributed by atoms with van der Waals surface area (Å²) in [5.74, 6) is 2.10. The van der Waals surface area contributed by atoms with Crippen LogP contribution in [0.2, 0.25) is 0 Å². The van der Waals surface area contributed by atoms with Crippen LogP contribution in [0.25, 0.3) is 0 Å². The molecule has 1 heteroatoms. The van der Waals surface area contributed by atoms with Crippen LogP contribution in [0.4, 0.5) is 0 Å². The third kappa shape index (κ3) is 2.67. The normalized spacial score (nSPS) is 33.5. The molecule has 20 heavy (non-hydrogen) atoms. The highest BCUT2D eigenvalue weighted by molar-refractivity contribution is 5.40. The summed E-state index contributed by atoms with van der Waals surface area (Å²) >= 11 is 0. The Morgan fingerprint density at radius 3 is 2.65 bits per heavy atom. The van der Waals surface area contributed by atoms with Gasteiger partial charge in [0.25, 0.3) is 0 Å². The molecule has 106 valence electrons. The van der Waals surface area contributed by atoms with Gasteiger partial charge >= 0.3 is 0 Å². The molecule has 0 fully saturated rings. The summed E-state index contributed by atoms with van der Waals surface area (Å²) < 4.78 is 0. The van der Waals surface area contributed by atoms with Gasteiger partial charge in [-0.05, 0) is 49.2 Å². The average molecular weight is 268 g/mol. The minimum Gasteiger partial charge on any atom is -0.508 e. The molecule has 0 heterocycles. The molecule has 3 aliphatic carbocycles. The minimum atomic E-state index is 0.398. The second kappa shape index (κ2) is 5.87. The van der Waals surface area contributed by atoms with Crippen LogP contribution < -0.4 is 0 Å². The fourth-order valence-electron chi connectivity index (χ4n) is 3.53. The number of rotatable bonds is 2. The molecule has 0 spiro atoms. The molecule has 0 saturated carbocycles. The lowest BCUT2D eigenvalue weighted by atomic mass is 9.78. The highest BCUT2D eigenvalue weighted by Crippen LogP contribution is 2.38. The lowest BCUT2D eigenvalue weighted by Crippen LogP contribution is -2.16. The molecule has 0 aromatic carbocycles. The van der Waals surface area contributed by atoms with E-state index in [4.69, 9.17) is 0 Å². The van der Waals surface area contributed by atoms with Crippen molar-refractivity contribution in [1.82, 2.24) is 0 Å². The fraction of sp³-hybridized carbons (Fsp3) is 0.474. The minimum absolute atomic E-state index is 0.398. The van der Waals surface area contributed by atoms with Crippen molar-refractivity contribution >= 4 is 0 Å². The van der Waals surface area contributed by atoms with Gasteiger partial charge in [0.1, 0.15) is 5.76 Å². The largest absolute Gasteiger partial charge is 0.508 e. The van der Waals surface area contributed by atoms with E-state index >= 15 is 0 Å². The van der Waals surface area contributed by atoms with Crippen LogP contribution in [-0.2, 0) is 0 Å². The van der Waals surface area contributed by atoms with E-state index in [9.17, 15) is 5.11 Å². The van der Waals surface area contributed by atoms with Crippen LogP contribution in [0.15, 0.2) is 59.4 Å². The first-order valence-electron chi connectivity index (χ1n) is 7.90. The van der Waals surface area contributed by atoms with Crippen molar-refractivity contribution in [3.8, 4) is 0 Å². The number of allylic oxidation sites excluding steroid dienone is 9. The zero-order chi connectivity index (χ0) is 13.9. The molecule has 0 aromatic rings. The molecule has 0 amide bonds. The SMILES string of the molecule is CC1C=CC(C2=CCCC(C3C=CC=CC3)=C2O)CC1. The summed E-state index contributed by atoms with van der Waals surface area (Å²) in [4.78, 5) is 0. The maximum atomic E-state index is 10.7. The van der Waals surface area contributed by atoms with Crippen LogP contribution in [0.3, 0.4) is 0 Å². The number of aliphatic hydroxyl groups excluding tert-OH is 1. The summed E-state index contributed by atoms with van der Waals surface area (Å²) in [5.41, 5.74) is 2.42. The van der Waals surface area contributed by atoms with Crippen LogP contribution >= 0.6 is 0 Å². The number of aliphatic hydroxyl groups is 1. The van der Waals surface area contributed by atoms with E-state index in [0.29, 0.717) is 23.5 Å². The molecular weight excluding hydrogens is 244 g/mol. The van der Waals surface area contributed by atoms with Crippen molar-refractivity contribution in [2.24, 2.45) is 17.8 Å². The zero-order valence-corrected chi connectivity index (χ0v) is 12.3. The molecule has 0 radical (unpaired) electrons. The van der Waals surface area contributed by atoms with Gasteiger partial charge in [0.2, 0.25) is 0 Å². The maximum absolute atomic E-state index is 10.7. The predicted molar refractivity (Wildman–Crippen MR) is 84.4 cm³/mol. The molecule has 3 unspecified atom stereocenters. The number of hydrogen-bond donors (Lipinski definition) is 1. The summed E-state index contributed by atoms with van der Waals surface area (Å²) in [6, 6.07) is 0. The van der Waals surface area contributed by atoms with Crippen LogP contribution in [-0.4, -0.2) is 5.11 Å². The van der Waals surface area contributed by atoms with Crippen molar-refractivity contribution in [2.75, 3.05) is 0 Å². The van der Waals surface area contributed by atoms with Crippen molar-refractivity contribution < 1.29 is 5.11 Å². The molecule has 3 atom stereocenters. The van der Waals surface area contributed by atoms with Gasteiger partial charge in [0.05, 0.1) is 0 Å². The first-order valence-corrected chi connectivity index (χ1v) is 7.90. The standard InChI is InChI=1S/C19H24O/c1-14-10-12-16(13-11-14)18-9-5-8-17(19(18)20)15-6-3-2-4-7-15/h2-4,6,9-10,12,14-16,20H,5,7-8,11,13H2,1H3. The Balaban J connectivity index is 1.83. The Kier molecular flexibility index (Phi) is 3.95. The topological polar surface area (TPSA) is 20.2 Å². The average Bonchev–Trinajstić information content (AvgIpc) is 2.49. The van der Waals surface area contributed by atoms with Crippen molar-refractivity contribution in [3.05, 3.63) is 59.4 Å². The highest BCUT2D eigenvalue weighted by atomic mass is 16.3. The molecular formula is C19H24O. The smallest absolute Gasteiger partial charge is 0.118 e. The molecule has 3 rings (SSSR count). The first-order chi connectivity index (χ1) is 9.75. The fourth-order valence-corrected chi connectivity index (χ4v) is 3.53. The Morgan fingerprint density at radius 1 is 1.05 bits per heavy atom. The predicted octanol–water partition coefficient (Wildman–Crippen LogP) is 5.25. The third-order valence-corrected chi connectivity index (χ3v) is 4.79.